The molecule has 1 aliphatic carbocycles. The van der Waals surface area contributed by atoms with Crippen LogP contribution in [0.5, 0.6) is 5.75 Å². The van der Waals surface area contributed by atoms with Crippen molar-refractivity contribution in [3.8, 4) is 17.0 Å². The Kier molecular flexibility index (Phi) is 4.11. The summed E-state index contributed by atoms with van der Waals surface area (Å²) in [6.45, 7) is 1.77. The molecule has 1 aromatic heterocycles. The van der Waals surface area contributed by atoms with Crippen molar-refractivity contribution in [2.75, 3.05) is 25.5 Å². The first-order chi connectivity index (χ1) is 12.1. The summed E-state index contributed by atoms with van der Waals surface area (Å²) in [5, 5.41) is 7.54. The molecule has 2 aliphatic rings. The van der Waals surface area contributed by atoms with Gasteiger partial charge in [-0.25, -0.2) is 4.79 Å². The van der Waals surface area contributed by atoms with Gasteiger partial charge in [0.2, 0.25) is 0 Å². The van der Waals surface area contributed by atoms with Crippen molar-refractivity contribution < 1.29 is 9.53 Å². The number of carbonyl (C=O) groups excluding carboxylic acids is 1. The zero-order chi connectivity index (χ0) is 17.4. The zero-order valence-electron chi connectivity index (χ0n) is 14.7. The molecular weight excluding hydrogens is 316 g/mol. The molecule has 132 valence electrons. The van der Waals surface area contributed by atoms with E-state index >= 15 is 0 Å². The van der Waals surface area contributed by atoms with Gasteiger partial charge in [-0.05, 0) is 36.8 Å². The Morgan fingerprint density at radius 2 is 2.00 bits per heavy atom. The first-order valence-corrected chi connectivity index (χ1v) is 8.88. The molecular formula is C19H24N4O2. The number of anilines is 1. The number of hydrogen-bond acceptors (Lipinski definition) is 3. The van der Waals surface area contributed by atoms with Crippen molar-refractivity contribution >= 4 is 11.8 Å². The summed E-state index contributed by atoms with van der Waals surface area (Å²) >= 11 is 0. The SMILES string of the molecule is COc1cccc(-c2cc(NC(=O)N3C[C@H]4CCC[C@@H]4C3)n(C)n2)c1. The number of methoxy groups -OCH3 is 1. The molecule has 6 heteroatoms. The lowest BCUT2D eigenvalue weighted by atomic mass is 10.0. The molecule has 25 heavy (non-hydrogen) atoms. The number of rotatable bonds is 3. The highest BCUT2D eigenvalue weighted by atomic mass is 16.5. The molecule has 1 aromatic carbocycles. The summed E-state index contributed by atoms with van der Waals surface area (Å²) in [6, 6.07) is 9.65. The number of carbonyl (C=O) groups is 1. The maximum atomic E-state index is 12.6. The van der Waals surface area contributed by atoms with Gasteiger partial charge in [-0.3, -0.25) is 10.00 Å². The number of benzene rings is 1. The highest BCUT2D eigenvalue weighted by Gasteiger charge is 2.38. The minimum absolute atomic E-state index is 0.0189. The van der Waals surface area contributed by atoms with Gasteiger partial charge < -0.3 is 9.64 Å². The monoisotopic (exact) mass is 340 g/mol. The topological polar surface area (TPSA) is 59.4 Å². The molecule has 4 rings (SSSR count). The fourth-order valence-electron chi connectivity index (χ4n) is 4.10. The Bertz CT molecular complexity index is 773. The third kappa shape index (κ3) is 3.08. The highest BCUT2D eigenvalue weighted by Crippen LogP contribution is 2.37. The number of likely N-dealkylation sites (tertiary alicyclic amines) is 1. The Morgan fingerprint density at radius 3 is 2.72 bits per heavy atom. The number of hydrogen-bond donors (Lipinski definition) is 1. The van der Waals surface area contributed by atoms with Crippen molar-refractivity contribution in [3.05, 3.63) is 30.3 Å². The van der Waals surface area contributed by atoms with E-state index in [9.17, 15) is 4.79 Å². The predicted octanol–water partition coefficient (Wildman–Crippen LogP) is 3.36. The van der Waals surface area contributed by atoms with Gasteiger partial charge in [0.1, 0.15) is 11.6 Å². The van der Waals surface area contributed by atoms with Gasteiger partial charge in [-0.1, -0.05) is 18.6 Å². The van der Waals surface area contributed by atoms with Gasteiger partial charge in [0.25, 0.3) is 0 Å². The van der Waals surface area contributed by atoms with Gasteiger partial charge >= 0.3 is 6.03 Å². The molecule has 0 bridgehead atoms. The van der Waals surface area contributed by atoms with Crippen molar-refractivity contribution in [2.24, 2.45) is 18.9 Å². The molecule has 0 radical (unpaired) electrons. The second kappa shape index (κ2) is 6.43. The Morgan fingerprint density at radius 1 is 1.24 bits per heavy atom. The van der Waals surface area contributed by atoms with Crippen molar-refractivity contribution in [2.45, 2.75) is 19.3 Å². The van der Waals surface area contributed by atoms with Gasteiger partial charge in [-0.2, -0.15) is 5.10 Å². The standard InChI is InChI=1S/C19H24N4O2/c1-22-18(10-17(21-22)13-5-4-8-16(9-13)25-2)20-19(24)23-11-14-6-3-7-15(14)12-23/h4-5,8-10,14-15H,3,6-7,11-12H2,1-2H3,(H,20,24)/t14-,15-/m1/s1. The maximum Gasteiger partial charge on any atom is 0.323 e. The van der Waals surface area contributed by atoms with Gasteiger partial charge in [0, 0.05) is 31.8 Å². The molecule has 6 nitrogen and oxygen atoms in total. The average Bonchev–Trinajstić information content (AvgIpc) is 3.30. The van der Waals surface area contributed by atoms with Crippen LogP contribution in [0.25, 0.3) is 11.3 Å². The number of fused-ring (bicyclic) bond motifs is 1. The average molecular weight is 340 g/mol. The van der Waals surface area contributed by atoms with Crippen LogP contribution in [0, 0.1) is 11.8 Å². The number of nitrogens with zero attached hydrogens (tertiary/aromatic N) is 3. The Balaban J connectivity index is 1.48. The molecule has 2 heterocycles. The summed E-state index contributed by atoms with van der Waals surface area (Å²) in [6.07, 6.45) is 3.84. The molecule has 0 spiro atoms. The lowest BCUT2D eigenvalue weighted by Gasteiger charge is -2.17. The highest BCUT2D eigenvalue weighted by molar-refractivity contribution is 5.89. The largest absolute Gasteiger partial charge is 0.497 e. The minimum Gasteiger partial charge on any atom is -0.497 e. The van der Waals surface area contributed by atoms with E-state index in [2.05, 4.69) is 10.4 Å². The third-order valence-electron chi connectivity index (χ3n) is 5.49. The normalized spacial score (nSPS) is 22.1. The molecule has 2 amide bonds. The number of urea groups is 1. The number of aryl methyl sites for hydroxylation is 1. The molecule has 2 atom stereocenters. The van der Waals surface area contributed by atoms with Crippen molar-refractivity contribution in [3.63, 3.8) is 0 Å². The van der Waals surface area contributed by atoms with E-state index < -0.39 is 0 Å². The van der Waals surface area contributed by atoms with E-state index in [1.807, 2.05) is 42.3 Å². The summed E-state index contributed by atoms with van der Waals surface area (Å²) in [5.74, 6) is 2.89. The van der Waals surface area contributed by atoms with Crippen LogP contribution < -0.4 is 10.1 Å². The van der Waals surface area contributed by atoms with Crippen molar-refractivity contribution in [1.29, 1.82) is 0 Å². The van der Waals surface area contributed by atoms with Gasteiger partial charge in [-0.15, -0.1) is 0 Å². The Hall–Kier alpha value is -2.50. The van der Waals surface area contributed by atoms with E-state index in [0.717, 1.165) is 30.1 Å². The van der Waals surface area contributed by atoms with Crippen LogP contribution in [0.1, 0.15) is 19.3 Å². The number of aromatic nitrogens is 2. The van der Waals surface area contributed by atoms with Crippen LogP contribution in [-0.4, -0.2) is 40.9 Å². The van der Waals surface area contributed by atoms with Crippen molar-refractivity contribution in [1.82, 2.24) is 14.7 Å². The lowest BCUT2D eigenvalue weighted by molar-refractivity contribution is 0.218. The number of nitrogens with one attached hydrogen (secondary N) is 1. The quantitative estimate of drug-likeness (QED) is 0.932. The molecule has 0 unspecified atom stereocenters. The lowest BCUT2D eigenvalue weighted by Crippen LogP contribution is -2.34. The predicted molar refractivity (Wildman–Crippen MR) is 96.6 cm³/mol. The van der Waals surface area contributed by atoms with Crippen LogP contribution in [0.3, 0.4) is 0 Å². The first-order valence-electron chi connectivity index (χ1n) is 8.88. The fraction of sp³-hybridized carbons (Fsp3) is 0.474. The molecule has 1 N–H and O–H groups in total. The van der Waals surface area contributed by atoms with E-state index in [1.165, 1.54) is 19.3 Å². The second-order valence-corrected chi connectivity index (χ2v) is 7.06. The second-order valence-electron chi connectivity index (χ2n) is 7.06. The van der Waals surface area contributed by atoms with Crippen LogP contribution in [0.15, 0.2) is 30.3 Å². The molecule has 1 saturated heterocycles. The summed E-state index contributed by atoms with van der Waals surface area (Å²) in [5.41, 5.74) is 1.78. The smallest absolute Gasteiger partial charge is 0.323 e. The summed E-state index contributed by atoms with van der Waals surface area (Å²) in [4.78, 5) is 14.5. The minimum atomic E-state index is -0.0189. The third-order valence-corrected chi connectivity index (χ3v) is 5.49. The van der Waals surface area contributed by atoms with E-state index in [0.29, 0.717) is 17.7 Å². The van der Waals surface area contributed by atoms with E-state index in [1.54, 1.807) is 11.8 Å². The van der Waals surface area contributed by atoms with Gasteiger partial charge in [0.15, 0.2) is 0 Å². The number of amides is 2. The fourth-order valence-corrected chi connectivity index (χ4v) is 4.10. The van der Waals surface area contributed by atoms with Crippen LogP contribution >= 0.6 is 0 Å². The van der Waals surface area contributed by atoms with E-state index in [4.69, 9.17) is 4.74 Å². The molecule has 2 aromatic rings. The molecule has 2 fully saturated rings. The van der Waals surface area contributed by atoms with Crippen LogP contribution in [0.2, 0.25) is 0 Å². The first kappa shape index (κ1) is 16.0. The number of ether oxygens (including phenoxy) is 1. The van der Waals surface area contributed by atoms with E-state index in [-0.39, 0.29) is 6.03 Å². The zero-order valence-corrected chi connectivity index (χ0v) is 14.7. The molecule has 1 aliphatic heterocycles. The van der Waals surface area contributed by atoms with Gasteiger partial charge in [0.05, 0.1) is 12.8 Å². The maximum absolute atomic E-state index is 12.6. The summed E-state index contributed by atoms with van der Waals surface area (Å²) in [7, 11) is 3.49. The van der Waals surface area contributed by atoms with Crippen LogP contribution in [-0.2, 0) is 7.05 Å². The molecule has 1 saturated carbocycles. The summed E-state index contributed by atoms with van der Waals surface area (Å²) < 4.78 is 6.98. The Labute approximate surface area is 147 Å². The van der Waals surface area contributed by atoms with Crippen LogP contribution in [0.4, 0.5) is 10.6 Å².